The maximum absolute atomic E-state index is 13.0. The molecule has 1 amide bonds. The van der Waals surface area contributed by atoms with Gasteiger partial charge in [0.1, 0.15) is 11.6 Å². The molecule has 3 nitrogen and oxygen atoms in total. The average Bonchev–Trinajstić information content (AvgIpc) is 2.52. The van der Waals surface area contributed by atoms with Crippen LogP contribution in [0, 0.1) is 5.82 Å². The summed E-state index contributed by atoms with van der Waals surface area (Å²) in [5.41, 5.74) is -1.86. The van der Waals surface area contributed by atoms with Crippen LogP contribution in [0.5, 0.6) is 5.75 Å². The molecule has 0 fully saturated rings. The Morgan fingerprint density at radius 1 is 1.12 bits per heavy atom. The Kier molecular flexibility index (Phi) is 5.55. The molecule has 1 N–H and O–H groups in total. The largest absolute Gasteiger partial charge is 0.434 e. The maximum Gasteiger partial charge on any atom is 0.416 e. The lowest BCUT2D eigenvalue weighted by molar-refractivity contribution is -0.138. The summed E-state index contributed by atoms with van der Waals surface area (Å²) in [4.78, 5) is 12.1. The number of hydrogen-bond acceptors (Lipinski definition) is 2. The van der Waals surface area contributed by atoms with Crippen molar-refractivity contribution in [2.24, 2.45) is 0 Å². The van der Waals surface area contributed by atoms with Gasteiger partial charge in [0, 0.05) is 6.54 Å². The summed E-state index contributed by atoms with van der Waals surface area (Å²) in [7, 11) is 0. The van der Waals surface area contributed by atoms with Crippen molar-refractivity contribution in [3.63, 3.8) is 0 Å². The molecular formula is C16H11F6NO2. The number of carbonyl (C=O) groups is 1. The molecule has 134 valence electrons. The van der Waals surface area contributed by atoms with Crippen molar-refractivity contribution in [2.45, 2.75) is 19.3 Å². The van der Waals surface area contributed by atoms with Crippen molar-refractivity contribution < 1.29 is 35.9 Å². The number of ether oxygens (including phenoxy) is 1. The Hall–Kier alpha value is -2.71. The molecule has 0 atom stereocenters. The second kappa shape index (κ2) is 7.45. The predicted octanol–water partition coefficient (Wildman–Crippen LogP) is 4.38. The molecule has 2 rings (SSSR count). The third-order valence-electron chi connectivity index (χ3n) is 3.16. The summed E-state index contributed by atoms with van der Waals surface area (Å²) in [5.74, 6) is -2.39. The first-order valence-corrected chi connectivity index (χ1v) is 6.86. The fraction of sp³-hybridized carbons (Fsp3) is 0.188. The van der Waals surface area contributed by atoms with Crippen molar-refractivity contribution in [1.29, 1.82) is 0 Å². The summed E-state index contributed by atoms with van der Waals surface area (Å²) < 4.78 is 80.6. The summed E-state index contributed by atoms with van der Waals surface area (Å²) in [6.45, 7) is -3.74. The molecular weight excluding hydrogens is 352 g/mol. The minimum Gasteiger partial charge on any atom is -0.434 e. The molecule has 25 heavy (non-hydrogen) atoms. The highest BCUT2D eigenvalue weighted by molar-refractivity contribution is 5.96. The van der Waals surface area contributed by atoms with Crippen molar-refractivity contribution in [3.05, 3.63) is 65.0 Å². The van der Waals surface area contributed by atoms with E-state index in [1.807, 2.05) is 0 Å². The second-order valence-electron chi connectivity index (χ2n) is 4.86. The Morgan fingerprint density at radius 2 is 1.80 bits per heavy atom. The van der Waals surface area contributed by atoms with Gasteiger partial charge in [-0.25, -0.2) is 4.39 Å². The van der Waals surface area contributed by atoms with Crippen LogP contribution in [0.25, 0.3) is 0 Å². The zero-order valence-electron chi connectivity index (χ0n) is 12.4. The van der Waals surface area contributed by atoms with E-state index < -0.39 is 42.4 Å². The van der Waals surface area contributed by atoms with Crippen LogP contribution >= 0.6 is 0 Å². The smallest absolute Gasteiger partial charge is 0.416 e. The Bertz CT molecular complexity index is 761. The molecule has 2 aromatic carbocycles. The van der Waals surface area contributed by atoms with Crippen LogP contribution in [0.3, 0.4) is 0 Å². The Balaban J connectivity index is 2.19. The number of benzene rings is 2. The highest BCUT2D eigenvalue weighted by Crippen LogP contribution is 2.32. The molecule has 0 saturated carbocycles. The van der Waals surface area contributed by atoms with Crippen LogP contribution in [0.4, 0.5) is 26.3 Å². The van der Waals surface area contributed by atoms with Crippen LogP contribution < -0.4 is 10.1 Å². The van der Waals surface area contributed by atoms with Crippen molar-refractivity contribution >= 4 is 5.91 Å². The van der Waals surface area contributed by atoms with Gasteiger partial charge in [0.25, 0.3) is 5.91 Å². The molecule has 0 aliphatic rings. The van der Waals surface area contributed by atoms with Crippen LogP contribution in [0.1, 0.15) is 21.5 Å². The number of hydrogen-bond donors (Lipinski definition) is 1. The molecule has 9 heteroatoms. The third-order valence-corrected chi connectivity index (χ3v) is 3.16. The van der Waals surface area contributed by atoms with Gasteiger partial charge in [0.15, 0.2) is 0 Å². The lowest BCUT2D eigenvalue weighted by Crippen LogP contribution is -2.25. The van der Waals surface area contributed by atoms with Crippen molar-refractivity contribution in [1.82, 2.24) is 5.32 Å². The summed E-state index contributed by atoms with van der Waals surface area (Å²) >= 11 is 0. The Morgan fingerprint density at radius 3 is 2.44 bits per heavy atom. The third kappa shape index (κ3) is 4.88. The lowest BCUT2D eigenvalue weighted by atomic mass is 10.1. The van der Waals surface area contributed by atoms with E-state index in [0.717, 1.165) is 18.2 Å². The topological polar surface area (TPSA) is 38.3 Å². The monoisotopic (exact) mass is 363 g/mol. The highest BCUT2D eigenvalue weighted by Gasteiger charge is 2.33. The van der Waals surface area contributed by atoms with Crippen LogP contribution in [0.15, 0.2) is 42.5 Å². The summed E-state index contributed by atoms with van der Waals surface area (Å²) in [5, 5.41) is 2.17. The highest BCUT2D eigenvalue weighted by atomic mass is 19.4. The molecule has 0 unspecified atom stereocenters. The molecule has 0 spiro atoms. The average molecular weight is 363 g/mol. The first-order valence-electron chi connectivity index (χ1n) is 6.86. The number of rotatable bonds is 5. The molecule has 0 aromatic heterocycles. The van der Waals surface area contributed by atoms with E-state index in [-0.39, 0.29) is 11.1 Å². The van der Waals surface area contributed by atoms with E-state index >= 15 is 0 Å². The number of carbonyl (C=O) groups excluding carboxylic acids is 1. The minimum atomic E-state index is -4.81. The van der Waals surface area contributed by atoms with Gasteiger partial charge in [-0.15, -0.1) is 0 Å². The minimum absolute atomic E-state index is 0.265. The van der Waals surface area contributed by atoms with Crippen LogP contribution in [-0.4, -0.2) is 12.5 Å². The second-order valence-corrected chi connectivity index (χ2v) is 4.86. The van der Waals surface area contributed by atoms with Crippen molar-refractivity contribution in [2.75, 3.05) is 0 Å². The van der Waals surface area contributed by atoms with Gasteiger partial charge in [0.05, 0.1) is 11.1 Å². The normalized spacial score (nSPS) is 11.5. The molecule has 0 bridgehead atoms. The van der Waals surface area contributed by atoms with E-state index in [4.69, 9.17) is 0 Å². The molecule has 2 aromatic rings. The first kappa shape index (κ1) is 18.6. The predicted molar refractivity (Wildman–Crippen MR) is 75.6 cm³/mol. The van der Waals surface area contributed by atoms with E-state index in [0.29, 0.717) is 6.07 Å². The van der Waals surface area contributed by atoms with Gasteiger partial charge in [0.2, 0.25) is 0 Å². The molecule has 0 heterocycles. The molecule has 0 saturated heterocycles. The summed E-state index contributed by atoms with van der Waals surface area (Å²) in [6.07, 6.45) is -4.81. The zero-order valence-corrected chi connectivity index (χ0v) is 12.4. The van der Waals surface area contributed by atoms with E-state index in [9.17, 15) is 31.1 Å². The van der Waals surface area contributed by atoms with E-state index in [1.165, 1.54) is 18.2 Å². The quantitative estimate of drug-likeness (QED) is 0.801. The van der Waals surface area contributed by atoms with E-state index in [2.05, 4.69) is 10.1 Å². The first-order chi connectivity index (χ1) is 11.7. The van der Waals surface area contributed by atoms with Gasteiger partial charge in [-0.1, -0.05) is 18.2 Å². The molecule has 0 aliphatic heterocycles. The number of para-hydroxylation sites is 1. The lowest BCUT2D eigenvalue weighted by Gasteiger charge is -2.14. The van der Waals surface area contributed by atoms with Gasteiger partial charge < -0.3 is 10.1 Å². The number of alkyl halides is 5. The fourth-order valence-electron chi connectivity index (χ4n) is 2.09. The van der Waals surface area contributed by atoms with Crippen LogP contribution in [0.2, 0.25) is 0 Å². The zero-order chi connectivity index (χ0) is 18.6. The maximum atomic E-state index is 13.0. The van der Waals surface area contributed by atoms with Crippen LogP contribution in [-0.2, 0) is 12.7 Å². The Labute approximate surface area is 138 Å². The van der Waals surface area contributed by atoms with Gasteiger partial charge in [-0.05, 0) is 29.8 Å². The SMILES string of the molecule is O=C(NCc1ccc(F)cc1C(F)(F)F)c1ccccc1OC(F)F. The van der Waals surface area contributed by atoms with E-state index in [1.54, 1.807) is 0 Å². The molecule has 0 radical (unpaired) electrons. The number of nitrogens with one attached hydrogen (secondary N) is 1. The van der Waals surface area contributed by atoms with Gasteiger partial charge in [-0.2, -0.15) is 22.0 Å². The number of amides is 1. The number of halogens is 6. The van der Waals surface area contributed by atoms with Gasteiger partial charge in [-0.3, -0.25) is 4.79 Å². The fourth-order valence-corrected chi connectivity index (χ4v) is 2.09. The summed E-state index contributed by atoms with van der Waals surface area (Å²) in [6, 6.07) is 7.07. The molecule has 0 aliphatic carbocycles. The van der Waals surface area contributed by atoms with Gasteiger partial charge >= 0.3 is 12.8 Å². The van der Waals surface area contributed by atoms with Crippen molar-refractivity contribution in [3.8, 4) is 5.75 Å². The standard InChI is InChI=1S/C16H11F6NO2/c17-10-6-5-9(12(7-10)16(20,21)22)8-23-14(24)11-3-1-2-4-13(11)25-15(18)19/h1-7,15H,8H2,(H,23,24).